The average molecular weight is 227 g/mol. The van der Waals surface area contributed by atoms with Gasteiger partial charge in [-0.1, -0.05) is 6.92 Å². The summed E-state index contributed by atoms with van der Waals surface area (Å²) in [5.74, 6) is 1.29. The second kappa shape index (κ2) is 4.32. The number of imidazole rings is 1. The van der Waals surface area contributed by atoms with E-state index in [0.29, 0.717) is 11.8 Å². The molecular formula is C14H17N3. The van der Waals surface area contributed by atoms with Gasteiger partial charge in [0, 0.05) is 24.3 Å². The molecule has 2 aromatic rings. The number of hydrogen-bond acceptors (Lipinski definition) is 2. The molecule has 0 saturated heterocycles. The summed E-state index contributed by atoms with van der Waals surface area (Å²) in [4.78, 5) is 11.6. The summed E-state index contributed by atoms with van der Waals surface area (Å²) in [5, 5.41) is 0. The number of fused-ring (bicyclic) bond motifs is 1. The van der Waals surface area contributed by atoms with Crippen LogP contribution in [-0.2, 0) is 12.8 Å². The van der Waals surface area contributed by atoms with Gasteiger partial charge in [-0.25, -0.2) is 4.98 Å². The van der Waals surface area contributed by atoms with E-state index in [-0.39, 0.29) is 0 Å². The third-order valence-corrected chi connectivity index (χ3v) is 3.97. The number of aryl methyl sites for hydroxylation is 1. The minimum atomic E-state index is 0.593. The van der Waals surface area contributed by atoms with Gasteiger partial charge in [-0.05, 0) is 48.3 Å². The van der Waals surface area contributed by atoms with Crippen LogP contribution in [0.4, 0.5) is 0 Å². The van der Waals surface area contributed by atoms with Gasteiger partial charge in [0.05, 0.1) is 6.33 Å². The van der Waals surface area contributed by atoms with E-state index >= 15 is 0 Å². The number of nitrogens with one attached hydrogen (secondary N) is 1. The van der Waals surface area contributed by atoms with Crippen molar-refractivity contribution in [1.82, 2.24) is 15.0 Å². The highest BCUT2D eigenvalue weighted by Crippen LogP contribution is 2.36. The fourth-order valence-electron chi connectivity index (χ4n) is 2.88. The van der Waals surface area contributed by atoms with E-state index in [1.807, 2.05) is 18.6 Å². The Kier molecular flexibility index (Phi) is 2.67. The molecule has 0 bridgehead atoms. The molecule has 2 atom stereocenters. The quantitative estimate of drug-likeness (QED) is 0.857. The Morgan fingerprint density at radius 2 is 2.29 bits per heavy atom. The first-order valence-electron chi connectivity index (χ1n) is 6.24. The van der Waals surface area contributed by atoms with Crippen molar-refractivity contribution in [3.05, 3.63) is 47.8 Å². The predicted octanol–water partition coefficient (Wildman–Crippen LogP) is 2.71. The lowest BCUT2D eigenvalue weighted by molar-refractivity contribution is 0.385. The first kappa shape index (κ1) is 10.5. The zero-order chi connectivity index (χ0) is 11.7. The number of H-pyrrole nitrogens is 1. The molecule has 0 amide bonds. The molecule has 3 nitrogen and oxygen atoms in total. The smallest absolute Gasteiger partial charge is 0.0921 e. The van der Waals surface area contributed by atoms with Crippen LogP contribution in [0.2, 0.25) is 0 Å². The van der Waals surface area contributed by atoms with Gasteiger partial charge in [-0.2, -0.15) is 0 Å². The van der Waals surface area contributed by atoms with E-state index in [4.69, 9.17) is 0 Å². The standard InChI is InChI=1S/C14H17N3/c1-10-12(6-13-7-16-9-17-13)3-2-11-4-5-15-8-14(10)11/h4-5,7-10,12H,2-3,6H2,1H3,(H,16,17). The molecule has 0 saturated carbocycles. The third-order valence-electron chi connectivity index (χ3n) is 3.97. The SMILES string of the molecule is CC1c2cnccc2CCC1Cc1cnc[nH]1. The Balaban J connectivity index is 1.82. The van der Waals surface area contributed by atoms with Crippen molar-refractivity contribution in [3.8, 4) is 0 Å². The number of aromatic amines is 1. The van der Waals surface area contributed by atoms with Crippen LogP contribution in [0.1, 0.15) is 36.1 Å². The Hall–Kier alpha value is -1.64. The number of rotatable bonds is 2. The highest BCUT2D eigenvalue weighted by molar-refractivity contribution is 5.30. The van der Waals surface area contributed by atoms with Crippen LogP contribution in [-0.4, -0.2) is 15.0 Å². The number of pyridine rings is 1. The maximum absolute atomic E-state index is 4.26. The maximum atomic E-state index is 4.26. The Morgan fingerprint density at radius 3 is 3.12 bits per heavy atom. The normalized spacial score (nSPS) is 23.4. The molecule has 0 fully saturated rings. The lowest BCUT2D eigenvalue weighted by Crippen LogP contribution is -2.21. The summed E-state index contributed by atoms with van der Waals surface area (Å²) in [6.45, 7) is 2.32. The fourth-order valence-corrected chi connectivity index (χ4v) is 2.88. The van der Waals surface area contributed by atoms with Gasteiger partial charge in [-0.3, -0.25) is 4.98 Å². The summed E-state index contributed by atoms with van der Waals surface area (Å²) < 4.78 is 0. The molecule has 2 heterocycles. The molecule has 0 aliphatic heterocycles. The average Bonchev–Trinajstić information content (AvgIpc) is 2.86. The van der Waals surface area contributed by atoms with Crippen molar-refractivity contribution in [2.45, 2.75) is 32.1 Å². The topological polar surface area (TPSA) is 41.6 Å². The van der Waals surface area contributed by atoms with Crippen LogP contribution in [0.3, 0.4) is 0 Å². The number of aromatic nitrogens is 3. The van der Waals surface area contributed by atoms with Crippen LogP contribution in [0.5, 0.6) is 0 Å². The van der Waals surface area contributed by atoms with Gasteiger partial charge in [0.1, 0.15) is 0 Å². The maximum Gasteiger partial charge on any atom is 0.0921 e. The first-order chi connectivity index (χ1) is 8.34. The van der Waals surface area contributed by atoms with Gasteiger partial charge in [-0.15, -0.1) is 0 Å². The Bertz CT molecular complexity index is 490. The molecule has 0 aromatic carbocycles. The highest BCUT2D eigenvalue weighted by Gasteiger charge is 2.26. The molecule has 2 aromatic heterocycles. The van der Waals surface area contributed by atoms with Crippen molar-refractivity contribution in [3.63, 3.8) is 0 Å². The van der Waals surface area contributed by atoms with Crippen molar-refractivity contribution in [2.75, 3.05) is 0 Å². The minimum absolute atomic E-state index is 0.593. The molecule has 0 radical (unpaired) electrons. The second-order valence-corrected chi connectivity index (χ2v) is 4.94. The summed E-state index contributed by atoms with van der Waals surface area (Å²) in [6.07, 6.45) is 11.2. The van der Waals surface area contributed by atoms with Gasteiger partial charge in [0.2, 0.25) is 0 Å². The lowest BCUT2D eigenvalue weighted by Gasteiger charge is -2.30. The van der Waals surface area contributed by atoms with Gasteiger partial charge >= 0.3 is 0 Å². The largest absolute Gasteiger partial charge is 0.348 e. The van der Waals surface area contributed by atoms with Gasteiger partial charge in [0.15, 0.2) is 0 Å². The van der Waals surface area contributed by atoms with Crippen molar-refractivity contribution in [2.24, 2.45) is 5.92 Å². The predicted molar refractivity (Wildman–Crippen MR) is 66.8 cm³/mol. The highest BCUT2D eigenvalue weighted by atomic mass is 14.9. The monoisotopic (exact) mass is 227 g/mol. The Morgan fingerprint density at radius 1 is 1.35 bits per heavy atom. The van der Waals surface area contributed by atoms with Gasteiger partial charge in [0.25, 0.3) is 0 Å². The molecular weight excluding hydrogens is 210 g/mol. The van der Waals surface area contributed by atoms with Crippen molar-refractivity contribution >= 4 is 0 Å². The zero-order valence-corrected chi connectivity index (χ0v) is 10.1. The minimum Gasteiger partial charge on any atom is -0.348 e. The molecule has 3 rings (SSSR count). The van der Waals surface area contributed by atoms with Crippen LogP contribution in [0, 0.1) is 5.92 Å². The summed E-state index contributed by atoms with van der Waals surface area (Å²) in [6, 6.07) is 2.16. The first-order valence-corrected chi connectivity index (χ1v) is 6.24. The van der Waals surface area contributed by atoms with E-state index < -0.39 is 0 Å². The summed E-state index contributed by atoms with van der Waals surface area (Å²) in [5.41, 5.74) is 4.16. The van der Waals surface area contributed by atoms with Crippen LogP contribution in [0.15, 0.2) is 31.0 Å². The summed E-state index contributed by atoms with van der Waals surface area (Å²) >= 11 is 0. The summed E-state index contributed by atoms with van der Waals surface area (Å²) in [7, 11) is 0. The van der Waals surface area contributed by atoms with Crippen LogP contribution >= 0.6 is 0 Å². The molecule has 1 aliphatic rings. The molecule has 17 heavy (non-hydrogen) atoms. The van der Waals surface area contributed by atoms with E-state index in [1.165, 1.54) is 29.7 Å². The molecule has 1 N–H and O–H groups in total. The van der Waals surface area contributed by atoms with E-state index in [1.54, 1.807) is 6.33 Å². The van der Waals surface area contributed by atoms with Crippen molar-refractivity contribution in [1.29, 1.82) is 0 Å². The lowest BCUT2D eigenvalue weighted by atomic mass is 9.75. The molecule has 3 heteroatoms. The van der Waals surface area contributed by atoms with Crippen LogP contribution in [0.25, 0.3) is 0 Å². The van der Waals surface area contributed by atoms with Crippen molar-refractivity contribution < 1.29 is 0 Å². The van der Waals surface area contributed by atoms with E-state index in [0.717, 1.165) is 6.42 Å². The fraction of sp³-hybridized carbons (Fsp3) is 0.429. The molecule has 1 aliphatic carbocycles. The number of hydrogen-bond donors (Lipinski definition) is 1. The Labute approximate surface area is 101 Å². The molecule has 2 unspecified atom stereocenters. The van der Waals surface area contributed by atoms with Crippen LogP contribution < -0.4 is 0 Å². The second-order valence-electron chi connectivity index (χ2n) is 4.94. The number of nitrogens with zero attached hydrogens (tertiary/aromatic N) is 2. The molecule has 88 valence electrons. The molecule has 0 spiro atoms. The van der Waals surface area contributed by atoms with Gasteiger partial charge < -0.3 is 4.98 Å². The zero-order valence-electron chi connectivity index (χ0n) is 10.1. The van der Waals surface area contributed by atoms with E-state index in [2.05, 4.69) is 27.9 Å². The van der Waals surface area contributed by atoms with E-state index in [9.17, 15) is 0 Å². The third kappa shape index (κ3) is 1.97.